The molecule has 1 fully saturated rings. The van der Waals surface area contributed by atoms with Crippen molar-refractivity contribution in [3.63, 3.8) is 0 Å². The zero-order valence-electron chi connectivity index (χ0n) is 19.4. The van der Waals surface area contributed by atoms with Crippen LogP contribution in [0.15, 0.2) is 60.9 Å². The van der Waals surface area contributed by atoms with Crippen LogP contribution in [0.2, 0.25) is 0 Å². The molecule has 1 aliphatic rings. The van der Waals surface area contributed by atoms with Gasteiger partial charge in [0.1, 0.15) is 12.3 Å². The first-order chi connectivity index (χ1) is 17.0. The molecule has 5 rings (SSSR count). The lowest BCUT2D eigenvalue weighted by Gasteiger charge is -2.27. The van der Waals surface area contributed by atoms with E-state index in [4.69, 9.17) is 5.73 Å². The lowest BCUT2D eigenvalue weighted by molar-refractivity contribution is -0.139. The number of aldehydes is 1. The molecule has 0 unspecified atom stereocenters. The summed E-state index contributed by atoms with van der Waals surface area (Å²) in [5, 5.41) is 4.91. The highest BCUT2D eigenvalue weighted by molar-refractivity contribution is 5.92. The van der Waals surface area contributed by atoms with E-state index in [1.54, 1.807) is 4.90 Å². The number of nitrogens with zero attached hydrogens (tertiary/aromatic N) is 1. The topological polar surface area (TPSA) is 124 Å². The van der Waals surface area contributed by atoms with Crippen molar-refractivity contribution in [2.75, 3.05) is 6.54 Å². The van der Waals surface area contributed by atoms with Gasteiger partial charge in [0.2, 0.25) is 11.8 Å². The van der Waals surface area contributed by atoms with Crippen LogP contribution in [0, 0.1) is 0 Å². The molecule has 0 radical (unpaired) electrons. The third-order valence-electron chi connectivity index (χ3n) is 6.88. The number of benzene rings is 2. The van der Waals surface area contributed by atoms with E-state index in [0.29, 0.717) is 25.8 Å². The minimum Gasteiger partial charge on any atom is -0.361 e. The Balaban J connectivity index is 1.24. The molecular formula is C27H29N5O3. The van der Waals surface area contributed by atoms with Crippen molar-refractivity contribution in [2.24, 2.45) is 5.73 Å². The molecule has 8 nitrogen and oxygen atoms in total. The number of para-hydroxylation sites is 2. The first-order valence-corrected chi connectivity index (χ1v) is 12.0. The normalized spacial score (nSPS) is 17.5. The number of amides is 2. The Morgan fingerprint density at radius 2 is 1.60 bits per heavy atom. The molecule has 180 valence electrons. The van der Waals surface area contributed by atoms with Gasteiger partial charge >= 0.3 is 0 Å². The second-order valence-corrected chi connectivity index (χ2v) is 9.17. The van der Waals surface area contributed by atoms with Crippen molar-refractivity contribution in [3.05, 3.63) is 72.1 Å². The van der Waals surface area contributed by atoms with E-state index < -0.39 is 18.1 Å². The summed E-state index contributed by atoms with van der Waals surface area (Å²) >= 11 is 0. The first kappa shape index (κ1) is 22.9. The standard InChI is InChI=1S/C27H29N5O3/c28-22(13-18-15-30-24-9-4-2-7-21(18)24)27(35)32-11-5-10-25(32)26(34)31-19(16-33)12-17-14-29-23-8-3-1-6-20(17)23/h1-4,6-9,14-16,19,22,25,29-30H,5,10-13,28H2,(H,31,34)/t19-,22-,25-/m0/s1. The number of aromatic amines is 2. The van der Waals surface area contributed by atoms with Crippen LogP contribution in [-0.2, 0) is 27.2 Å². The Morgan fingerprint density at radius 3 is 2.23 bits per heavy atom. The number of likely N-dealkylation sites (tertiary alicyclic amines) is 1. The molecule has 2 aromatic carbocycles. The third kappa shape index (κ3) is 4.57. The molecule has 35 heavy (non-hydrogen) atoms. The van der Waals surface area contributed by atoms with Crippen molar-refractivity contribution in [3.8, 4) is 0 Å². The van der Waals surface area contributed by atoms with Crippen LogP contribution in [0.4, 0.5) is 0 Å². The van der Waals surface area contributed by atoms with Gasteiger partial charge in [0.15, 0.2) is 0 Å². The van der Waals surface area contributed by atoms with Crippen molar-refractivity contribution in [1.29, 1.82) is 0 Å². The van der Waals surface area contributed by atoms with Gasteiger partial charge in [-0.15, -0.1) is 0 Å². The minimum absolute atomic E-state index is 0.243. The van der Waals surface area contributed by atoms with Crippen LogP contribution in [0.25, 0.3) is 21.8 Å². The quantitative estimate of drug-likeness (QED) is 0.295. The van der Waals surface area contributed by atoms with Gasteiger partial charge in [0, 0.05) is 47.2 Å². The minimum atomic E-state index is -0.754. The summed E-state index contributed by atoms with van der Waals surface area (Å²) in [5.41, 5.74) is 10.2. The molecule has 3 heterocycles. The Labute approximate surface area is 202 Å². The van der Waals surface area contributed by atoms with E-state index in [0.717, 1.165) is 45.6 Å². The van der Waals surface area contributed by atoms with E-state index in [9.17, 15) is 14.4 Å². The highest BCUT2D eigenvalue weighted by atomic mass is 16.2. The third-order valence-corrected chi connectivity index (χ3v) is 6.88. The molecule has 0 aliphatic carbocycles. The number of nitrogens with two attached hydrogens (primary N) is 1. The fourth-order valence-electron chi connectivity index (χ4n) is 5.09. The summed E-state index contributed by atoms with van der Waals surface area (Å²) in [5.74, 6) is -0.556. The molecule has 2 amide bonds. The number of aromatic nitrogens is 2. The summed E-state index contributed by atoms with van der Waals surface area (Å²) in [6.07, 6.45) is 6.52. The van der Waals surface area contributed by atoms with Gasteiger partial charge in [-0.2, -0.15) is 0 Å². The fourth-order valence-corrected chi connectivity index (χ4v) is 5.09. The number of carbonyl (C=O) groups is 3. The molecule has 2 aromatic heterocycles. The van der Waals surface area contributed by atoms with Gasteiger partial charge in [-0.1, -0.05) is 36.4 Å². The molecule has 8 heteroatoms. The average Bonchev–Trinajstić information content (AvgIpc) is 3.62. The molecule has 0 saturated carbocycles. The summed E-state index contributed by atoms with van der Waals surface area (Å²) < 4.78 is 0. The van der Waals surface area contributed by atoms with Crippen molar-refractivity contribution in [1.82, 2.24) is 20.2 Å². The lowest BCUT2D eigenvalue weighted by Crippen LogP contribution is -2.53. The van der Waals surface area contributed by atoms with Gasteiger partial charge < -0.3 is 30.7 Å². The highest BCUT2D eigenvalue weighted by Crippen LogP contribution is 2.23. The number of H-pyrrole nitrogens is 2. The van der Waals surface area contributed by atoms with E-state index in [2.05, 4.69) is 15.3 Å². The smallest absolute Gasteiger partial charge is 0.243 e. The maximum absolute atomic E-state index is 13.2. The van der Waals surface area contributed by atoms with Gasteiger partial charge in [0.05, 0.1) is 12.1 Å². The number of nitrogens with one attached hydrogen (secondary N) is 3. The Bertz CT molecular complexity index is 1370. The molecule has 1 saturated heterocycles. The highest BCUT2D eigenvalue weighted by Gasteiger charge is 2.37. The van der Waals surface area contributed by atoms with Crippen molar-refractivity contribution < 1.29 is 14.4 Å². The second-order valence-electron chi connectivity index (χ2n) is 9.17. The van der Waals surface area contributed by atoms with Gasteiger partial charge in [-0.05, 0) is 42.5 Å². The monoisotopic (exact) mass is 471 g/mol. The van der Waals surface area contributed by atoms with Crippen LogP contribution in [0.5, 0.6) is 0 Å². The first-order valence-electron chi connectivity index (χ1n) is 12.0. The van der Waals surface area contributed by atoms with E-state index >= 15 is 0 Å². The van der Waals surface area contributed by atoms with E-state index in [-0.39, 0.29) is 11.8 Å². The molecule has 0 spiro atoms. The van der Waals surface area contributed by atoms with Crippen molar-refractivity contribution >= 4 is 39.9 Å². The fraction of sp³-hybridized carbons (Fsp3) is 0.296. The number of fused-ring (bicyclic) bond motifs is 2. The van der Waals surface area contributed by atoms with E-state index in [1.165, 1.54) is 0 Å². The number of hydrogen-bond donors (Lipinski definition) is 4. The van der Waals surface area contributed by atoms with E-state index in [1.807, 2.05) is 60.9 Å². The van der Waals surface area contributed by atoms with Gasteiger partial charge in [-0.3, -0.25) is 9.59 Å². The Hall–Kier alpha value is -3.91. The number of hydrogen-bond acceptors (Lipinski definition) is 4. The molecule has 1 aliphatic heterocycles. The predicted octanol–water partition coefficient (Wildman–Crippen LogP) is 2.44. The van der Waals surface area contributed by atoms with Crippen LogP contribution in [0.1, 0.15) is 24.0 Å². The molecule has 4 aromatic rings. The van der Waals surface area contributed by atoms with Crippen LogP contribution >= 0.6 is 0 Å². The maximum atomic E-state index is 13.2. The zero-order chi connectivity index (χ0) is 24.4. The number of rotatable bonds is 8. The molecule has 3 atom stereocenters. The maximum Gasteiger partial charge on any atom is 0.243 e. The summed E-state index contributed by atoms with van der Waals surface area (Å²) in [6, 6.07) is 13.7. The summed E-state index contributed by atoms with van der Waals surface area (Å²) in [6.45, 7) is 0.479. The SMILES string of the molecule is N[C@@H](Cc1c[nH]c2ccccc12)C(=O)N1CCC[C@H]1C(=O)N[C@H](C=O)Cc1c[nH]c2ccccc12. The van der Waals surface area contributed by atoms with Crippen LogP contribution < -0.4 is 11.1 Å². The zero-order valence-corrected chi connectivity index (χ0v) is 19.4. The second kappa shape index (κ2) is 9.76. The lowest BCUT2D eigenvalue weighted by atomic mass is 10.0. The van der Waals surface area contributed by atoms with Gasteiger partial charge in [0.25, 0.3) is 0 Å². The predicted molar refractivity (Wildman–Crippen MR) is 135 cm³/mol. The summed E-state index contributed by atoms with van der Waals surface area (Å²) in [4.78, 5) is 46.1. The molecule has 0 bridgehead atoms. The Kier molecular flexibility index (Phi) is 6.37. The van der Waals surface area contributed by atoms with Gasteiger partial charge in [-0.25, -0.2) is 0 Å². The molecule has 5 N–H and O–H groups in total. The Morgan fingerprint density at radius 1 is 1.00 bits per heavy atom. The number of carbonyl (C=O) groups excluding carboxylic acids is 3. The summed E-state index contributed by atoms with van der Waals surface area (Å²) in [7, 11) is 0. The van der Waals surface area contributed by atoms with Crippen LogP contribution in [-0.4, -0.2) is 57.6 Å². The molecular weight excluding hydrogens is 442 g/mol. The largest absolute Gasteiger partial charge is 0.361 e. The average molecular weight is 472 g/mol. The van der Waals surface area contributed by atoms with Crippen LogP contribution in [0.3, 0.4) is 0 Å². The van der Waals surface area contributed by atoms with Crippen molar-refractivity contribution in [2.45, 2.75) is 43.8 Å².